The molecular weight excluding hydrogens is 239 g/mol. The Balaban J connectivity index is 2.39. The van der Waals surface area contributed by atoms with Gasteiger partial charge in [0.15, 0.2) is 0 Å². The van der Waals surface area contributed by atoms with Gasteiger partial charge in [-0.15, -0.1) is 0 Å². The van der Waals surface area contributed by atoms with E-state index in [-0.39, 0.29) is 17.2 Å². The van der Waals surface area contributed by atoms with Crippen LogP contribution in [-0.2, 0) is 9.31 Å². The second-order valence-corrected chi connectivity index (χ2v) is 6.30. The van der Waals surface area contributed by atoms with E-state index in [1.807, 2.05) is 53.7 Å². The van der Waals surface area contributed by atoms with Gasteiger partial charge in [-0.2, -0.15) is 0 Å². The number of aromatic nitrogens is 1. The van der Waals surface area contributed by atoms with E-state index < -0.39 is 7.12 Å². The zero-order valence-corrected chi connectivity index (χ0v) is 12.7. The molecule has 2 N–H and O–H groups in total. The first kappa shape index (κ1) is 14.5. The number of rotatable bonds is 2. The predicted molar refractivity (Wildman–Crippen MR) is 77.3 cm³/mol. The molecule has 0 radical (unpaired) electrons. The molecule has 1 saturated heterocycles. The highest BCUT2D eigenvalue weighted by atomic mass is 16.7. The van der Waals surface area contributed by atoms with E-state index >= 15 is 0 Å². The predicted octanol–water partition coefficient (Wildman–Crippen LogP) is 1.71. The van der Waals surface area contributed by atoms with Gasteiger partial charge in [0, 0.05) is 17.2 Å². The first-order valence-electron chi connectivity index (χ1n) is 6.73. The van der Waals surface area contributed by atoms with Crippen LogP contribution in [0.4, 0.5) is 0 Å². The molecule has 1 aromatic heterocycles. The fraction of sp³-hybridized carbons (Fsp3) is 0.643. The normalized spacial score (nSPS) is 22.6. The second kappa shape index (κ2) is 4.58. The van der Waals surface area contributed by atoms with Gasteiger partial charge < -0.3 is 15.0 Å². The Morgan fingerprint density at radius 2 is 1.68 bits per heavy atom. The fourth-order valence-corrected chi connectivity index (χ4v) is 2.12. The summed E-state index contributed by atoms with van der Waals surface area (Å²) in [4.78, 5) is 4.53. The smallest absolute Gasteiger partial charge is 0.399 e. The van der Waals surface area contributed by atoms with Crippen molar-refractivity contribution in [2.24, 2.45) is 5.73 Å². The summed E-state index contributed by atoms with van der Waals surface area (Å²) in [5.41, 5.74) is 8.04. The van der Waals surface area contributed by atoms with Gasteiger partial charge in [-0.25, -0.2) is 0 Å². The molecule has 0 amide bonds. The topological polar surface area (TPSA) is 57.4 Å². The van der Waals surface area contributed by atoms with E-state index in [0.717, 1.165) is 16.9 Å². The van der Waals surface area contributed by atoms with Crippen LogP contribution in [0, 0.1) is 6.92 Å². The number of nitrogens with two attached hydrogens (primary N) is 1. The molecule has 2 rings (SSSR count). The summed E-state index contributed by atoms with van der Waals surface area (Å²) >= 11 is 0. The van der Waals surface area contributed by atoms with Crippen molar-refractivity contribution >= 4 is 12.6 Å². The molecule has 0 bridgehead atoms. The molecule has 1 aromatic rings. The fourth-order valence-electron chi connectivity index (χ4n) is 2.12. The Morgan fingerprint density at radius 3 is 2.16 bits per heavy atom. The van der Waals surface area contributed by atoms with Gasteiger partial charge >= 0.3 is 7.12 Å². The second-order valence-electron chi connectivity index (χ2n) is 6.30. The summed E-state index contributed by atoms with van der Waals surface area (Å²) in [7, 11) is -0.404. The van der Waals surface area contributed by atoms with Crippen molar-refractivity contribution in [3.8, 4) is 0 Å². The van der Waals surface area contributed by atoms with Crippen LogP contribution in [0.3, 0.4) is 0 Å². The maximum absolute atomic E-state index is 6.06. The monoisotopic (exact) mass is 262 g/mol. The van der Waals surface area contributed by atoms with Crippen LogP contribution < -0.4 is 11.2 Å². The van der Waals surface area contributed by atoms with E-state index in [4.69, 9.17) is 15.0 Å². The van der Waals surface area contributed by atoms with Crippen molar-refractivity contribution in [2.45, 2.75) is 58.8 Å². The van der Waals surface area contributed by atoms with Crippen LogP contribution in [0.15, 0.2) is 12.1 Å². The molecule has 4 nitrogen and oxygen atoms in total. The van der Waals surface area contributed by atoms with Crippen molar-refractivity contribution < 1.29 is 9.31 Å². The number of pyridine rings is 1. The van der Waals surface area contributed by atoms with Crippen LogP contribution in [0.25, 0.3) is 0 Å². The highest BCUT2D eigenvalue weighted by molar-refractivity contribution is 6.62. The third-order valence-corrected chi connectivity index (χ3v) is 4.04. The minimum Gasteiger partial charge on any atom is -0.399 e. The zero-order valence-electron chi connectivity index (χ0n) is 12.7. The third kappa shape index (κ3) is 2.55. The standard InChI is InChI=1S/C14H23BN2O2/c1-9-7-8-11(12(17-9)10(2)16)15-18-13(3,4)14(5,6)19-15/h7-8,10H,16H2,1-6H3. The largest absolute Gasteiger partial charge is 0.496 e. The molecule has 1 unspecified atom stereocenters. The van der Waals surface area contributed by atoms with E-state index in [9.17, 15) is 0 Å². The van der Waals surface area contributed by atoms with Crippen molar-refractivity contribution in [3.05, 3.63) is 23.5 Å². The van der Waals surface area contributed by atoms with E-state index in [1.54, 1.807) is 0 Å². The van der Waals surface area contributed by atoms with Gasteiger partial charge in [-0.1, -0.05) is 6.07 Å². The van der Waals surface area contributed by atoms with E-state index in [1.165, 1.54) is 0 Å². The SMILES string of the molecule is Cc1ccc(B2OC(C)(C)C(C)(C)O2)c(C(C)N)n1. The van der Waals surface area contributed by atoms with Gasteiger partial charge in [0.25, 0.3) is 0 Å². The minimum atomic E-state index is -0.404. The van der Waals surface area contributed by atoms with Crippen LogP contribution >= 0.6 is 0 Å². The number of aryl methyl sites for hydroxylation is 1. The lowest BCUT2D eigenvalue weighted by Crippen LogP contribution is -2.41. The average molecular weight is 262 g/mol. The summed E-state index contributed by atoms with van der Waals surface area (Å²) in [5.74, 6) is 0. The van der Waals surface area contributed by atoms with Gasteiger partial charge in [0.2, 0.25) is 0 Å². The van der Waals surface area contributed by atoms with Crippen LogP contribution in [0.5, 0.6) is 0 Å². The molecule has 0 aliphatic carbocycles. The van der Waals surface area contributed by atoms with Gasteiger partial charge in [-0.3, -0.25) is 4.98 Å². The Labute approximate surface area is 115 Å². The summed E-state index contributed by atoms with van der Waals surface area (Å²) < 4.78 is 12.1. The van der Waals surface area contributed by atoms with Crippen LogP contribution in [-0.4, -0.2) is 23.3 Å². The molecule has 0 spiro atoms. The summed E-state index contributed by atoms with van der Waals surface area (Å²) in [5, 5.41) is 0. The van der Waals surface area contributed by atoms with E-state index in [0.29, 0.717) is 0 Å². The number of hydrogen-bond donors (Lipinski definition) is 1. The Kier molecular flexibility index (Phi) is 3.50. The molecule has 104 valence electrons. The van der Waals surface area contributed by atoms with Gasteiger partial charge in [0.05, 0.1) is 16.9 Å². The van der Waals surface area contributed by atoms with Crippen molar-refractivity contribution in [3.63, 3.8) is 0 Å². The Morgan fingerprint density at radius 1 is 1.16 bits per heavy atom. The zero-order chi connectivity index (χ0) is 14.4. The maximum atomic E-state index is 6.06. The minimum absolute atomic E-state index is 0.145. The molecule has 0 aromatic carbocycles. The lowest BCUT2D eigenvalue weighted by molar-refractivity contribution is 0.00578. The molecule has 5 heteroatoms. The number of nitrogens with zero attached hydrogens (tertiary/aromatic N) is 1. The molecule has 1 atom stereocenters. The van der Waals surface area contributed by atoms with E-state index in [2.05, 4.69) is 4.98 Å². The first-order valence-corrected chi connectivity index (χ1v) is 6.73. The first-order chi connectivity index (χ1) is 8.64. The quantitative estimate of drug-likeness (QED) is 0.824. The maximum Gasteiger partial charge on any atom is 0.496 e. The van der Waals surface area contributed by atoms with Crippen molar-refractivity contribution in [1.82, 2.24) is 4.98 Å². The molecule has 1 fully saturated rings. The van der Waals surface area contributed by atoms with Crippen LogP contribution in [0.1, 0.15) is 52.0 Å². The highest BCUT2D eigenvalue weighted by Gasteiger charge is 2.52. The molecule has 1 aliphatic heterocycles. The molecule has 1 aliphatic rings. The van der Waals surface area contributed by atoms with Crippen LogP contribution in [0.2, 0.25) is 0 Å². The Hall–Kier alpha value is -0.905. The lowest BCUT2D eigenvalue weighted by Gasteiger charge is -2.32. The van der Waals surface area contributed by atoms with Crippen molar-refractivity contribution in [1.29, 1.82) is 0 Å². The average Bonchev–Trinajstić information content (AvgIpc) is 2.47. The summed E-state index contributed by atoms with van der Waals surface area (Å²) in [6, 6.07) is 3.82. The summed E-state index contributed by atoms with van der Waals surface area (Å²) in [6.07, 6.45) is 0. The van der Waals surface area contributed by atoms with Gasteiger partial charge in [0.1, 0.15) is 0 Å². The number of hydrogen-bond acceptors (Lipinski definition) is 4. The summed E-state index contributed by atoms with van der Waals surface area (Å²) in [6.45, 7) is 12.1. The Bertz CT molecular complexity index is 470. The van der Waals surface area contributed by atoms with Gasteiger partial charge in [-0.05, 0) is 47.6 Å². The lowest BCUT2D eigenvalue weighted by atomic mass is 9.76. The highest BCUT2D eigenvalue weighted by Crippen LogP contribution is 2.36. The third-order valence-electron chi connectivity index (χ3n) is 4.04. The van der Waals surface area contributed by atoms with Crippen molar-refractivity contribution in [2.75, 3.05) is 0 Å². The molecule has 0 saturated carbocycles. The molecule has 2 heterocycles. The molecular formula is C14H23BN2O2. The molecule has 19 heavy (non-hydrogen) atoms.